The molecule has 0 aromatic heterocycles. The summed E-state index contributed by atoms with van der Waals surface area (Å²) in [6.45, 7) is 21.2. The molecule has 0 aromatic rings. The topological polar surface area (TPSA) is 254 Å². The van der Waals surface area contributed by atoms with Crippen molar-refractivity contribution in [1.82, 2.24) is 58.5 Å². The van der Waals surface area contributed by atoms with Crippen molar-refractivity contribution in [1.29, 1.82) is 0 Å². The second kappa shape index (κ2) is 47.9. The Labute approximate surface area is 453 Å². The molecule has 23 heteroatoms. The molecule has 438 valence electrons. The summed E-state index contributed by atoms with van der Waals surface area (Å²) in [6.07, 6.45) is 13.9. The van der Waals surface area contributed by atoms with Gasteiger partial charge in [-0.15, -0.1) is 34.8 Å². The predicted molar refractivity (Wildman–Crippen MR) is 294 cm³/mol. The van der Waals surface area contributed by atoms with Gasteiger partial charge in [0.2, 0.25) is 0 Å². The van der Waals surface area contributed by atoms with Gasteiger partial charge in [-0.2, -0.15) is 0 Å². The lowest BCUT2D eigenvalue weighted by Crippen LogP contribution is -2.24. The van der Waals surface area contributed by atoms with Crippen molar-refractivity contribution in [2.45, 2.75) is 124 Å². The van der Waals surface area contributed by atoms with Crippen LogP contribution in [-0.2, 0) is 0 Å². The summed E-state index contributed by atoms with van der Waals surface area (Å²) in [4.78, 5) is 0. The fourth-order valence-corrected chi connectivity index (χ4v) is 9.03. The third-order valence-corrected chi connectivity index (χ3v) is 14.5. The highest BCUT2D eigenvalue weighted by molar-refractivity contribution is 6.48. The van der Waals surface area contributed by atoms with E-state index in [1.54, 1.807) is 0 Å². The summed E-state index contributed by atoms with van der Waals surface area (Å²) < 4.78 is 35.2. The van der Waals surface area contributed by atoms with Crippen LogP contribution in [0.25, 0.3) is 0 Å². The number of rotatable bonds is 6. The summed E-state index contributed by atoms with van der Waals surface area (Å²) in [7, 11) is 0. The minimum Gasteiger partial charge on any atom is -0.396 e. The fraction of sp³-hybridized carbons (Fsp3) is 1.00. The highest BCUT2D eigenvalue weighted by Crippen LogP contribution is 2.27. The molecule has 0 bridgehead atoms. The molecular formula is C50H105Cl3F3N11O6. The van der Waals surface area contributed by atoms with Crippen molar-refractivity contribution in [2.75, 3.05) is 170 Å². The molecule has 8 atom stereocenters. The van der Waals surface area contributed by atoms with Crippen LogP contribution in [0.15, 0.2) is 0 Å². The molecule has 11 fully saturated rings. The Balaban J connectivity index is 0.000000402. The van der Waals surface area contributed by atoms with Crippen LogP contribution in [0.2, 0.25) is 0 Å². The summed E-state index contributed by atoms with van der Waals surface area (Å²) in [5.74, 6) is -0.0417. The molecule has 11 aliphatic heterocycles. The van der Waals surface area contributed by atoms with E-state index in [4.69, 9.17) is 65.4 Å². The third kappa shape index (κ3) is 43.5. The van der Waals surface area contributed by atoms with Crippen LogP contribution in [0.4, 0.5) is 13.2 Å². The van der Waals surface area contributed by atoms with Crippen LogP contribution < -0.4 is 58.5 Å². The van der Waals surface area contributed by atoms with Gasteiger partial charge in [-0.1, -0.05) is 0 Å². The number of aliphatic hydroxyl groups excluding tert-OH is 6. The molecule has 11 heterocycles. The quantitative estimate of drug-likeness (QED) is 0.165. The lowest BCUT2D eigenvalue weighted by Gasteiger charge is -2.05. The van der Waals surface area contributed by atoms with Crippen molar-refractivity contribution in [3.63, 3.8) is 0 Å². The molecule has 0 radical (unpaired) electrons. The van der Waals surface area contributed by atoms with Gasteiger partial charge in [-0.05, 0) is 186 Å². The zero-order valence-corrected chi connectivity index (χ0v) is 46.6. The number of alkyl halides is 6. The van der Waals surface area contributed by atoms with Crippen LogP contribution in [-0.4, -0.2) is 235 Å². The van der Waals surface area contributed by atoms with E-state index in [1.807, 2.05) is 0 Å². The van der Waals surface area contributed by atoms with Crippen molar-refractivity contribution in [3.05, 3.63) is 0 Å². The van der Waals surface area contributed by atoms with Crippen molar-refractivity contribution in [2.24, 2.45) is 23.7 Å². The summed E-state index contributed by atoms with van der Waals surface area (Å²) in [5, 5.41) is 85.4. The first kappa shape index (κ1) is 71.0. The Hall–Kier alpha value is -0.0200. The molecule has 17 N–H and O–H groups in total. The number of β-amino-alcohol motifs (C(OH)–C–C–N with tert-alkyl or cyclic N) is 1. The molecule has 0 spiro atoms. The number of hydrogen-bond acceptors (Lipinski definition) is 17. The van der Waals surface area contributed by atoms with E-state index in [2.05, 4.69) is 58.5 Å². The zero-order valence-electron chi connectivity index (χ0n) is 44.4. The molecule has 11 aliphatic rings. The molecule has 11 saturated heterocycles. The highest BCUT2D eigenvalue weighted by atomic mass is 35.5. The summed E-state index contributed by atoms with van der Waals surface area (Å²) in [6, 6.07) is 0.403. The molecule has 17 nitrogen and oxygen atoms in total. The second-order valence-corrected chi connectivity index (χ2v) is 22.6. The van der Waals surface area contributed by atoms with E-state index >= 15 is 0 Å². The number of halogens is 6. The highest BCUT2D eigenvalue weighted by Gasteiger charge is 2.32. The predicted octanol–water partition coefficient (Wildman–Crippen LogP) is 0.857. The van der Waals surface area contributed by atoms with E-state index in [0.29, 0.717) is 81.7 Å². The zero-order chi connectivity index (χ0) is 53.7. The lowest BCUT2D eigenvalue weighted by molar-refractivity contribution is 0.0238. The standard InChI is InChI=1S/C6H13NO.4C5H11NO.C4H7Cl2N.C4H8ClN.C4H7F2N.C4H8FN.C4H9NO.C4H9N/c8-4-2-6-1-3-7-5-6;3*7-4-5-1-2-6-3-5;7-4-5-2-1-3-6-5;5-4(6)1-2-7-3-4;5-4-1-2-6-3-4;5-4(6)1-2-7-3-4;5-4-1-2-6-3-4;6-4-1-2-5-3-4;1-2-4-5-3-1/h6-8H,1-5H2;4*5-7H,1-4H2;7H,1-3H2;4,6H,1-3H2;7H,1-3H2;4,6H,1-3H2;4-6H,1-3H2;5H,1-4H2/t;2*5-;;;;;;;;/m.10......../s1. The van der Waals surface area contributed by atoms with Crippen LogP contribution in [0, 0.1) is 23.7 Å². The Bertz CT molecular complexity index is 1030. The molecule has 0 amide bonds. The SMILES string of the molecule is C1CCNC1.ClC1(Cl)CCNC1.ClC1CCNC1.FC1(F)CCNC1.FC1CCNC1.OC1CCNC1.OCC1CCCN1.OCC1CCNC1.OCCC1CCNC1.OC[C@@H]1CCNC1.OC[C@H]1CCNC1. The summed E-state index contributed by atoms with van der Waals surface area (Å²) >= 11 is 17.0. The molecular weight excluding hydrogens is 1010 g/mol. The third-order valence-electron chi connectivity index (χ3n) is 13.4. The number of hydrogen-bond donors (Lipinski definition) is 17. The Morgan fingerprint density at radius 1 is 0.438 bits per heavy atom. The van der Waals surface area contributed by atoms with Gasteiger partial charge in [0.25, 0.3) is 5.92 Å². The molecule has 0 aliphatic carbocycles. The first-order chi connectivity index (χ1) is 35.3. The first-order valence-electron chi connectivity index (χ1n) is 27.8. The molecule has 11 rings (SSSR count). The van der Waals surface area contributed by atoms with Crippen LogP contribution in [0.1, 0.15) is 89.9 Å². The van der Waals surface area contributed by atoms with E-state index in [9.17, 15) is 13.2 Å². The Morgan fingerprint density at radius 2 is 0.918 bits per heavy atom. The largest absolute Gasteiger partial charge is 0.396 e. The maximum absolute atomic E-state index is 11.9. The summed E-state index contributed by atoms with van der Waals surface area (Å²) in [5.41, 5.74) is 0. The van der Waals surface area contributed by atoms with Crippen LogP contribution in [0.3, 0.4) is 0 Å². The maximum Gasteiger partial charge on any atom is 0.261 e. The van der Waals surface area contributed by atoms with E-state index < -0.39 is 16.4 Å². The Kier molecular flexibility index (Phi) is 46.6. The number of nitrogens with one attached hydrogen (secondary N) is 11. The first-order valence-corrected chi connectivity index (χ1v) is 29.0. The van der Waals surface area contributed by atoms with Crippen LogP contribution in [0.5, 0.6) is 0 Å². The van der Waals surface area contributed by atoms with Gasteiger partial charge in [0.1, 0.15) is 10.5 Å². The smallest absolute Gasteiger partial charge is 0.261 e. The van der Waals surface area contributed by atoms with Gasteiger partial charge in [-0.3, -0.25) is 0 Å². The van der Waals surface area contributed by atoms with Gasteiger partial charge >= 0.3 is 0 Å². The van der Waals surface area contributed by atoms with Crippen molar-refractivity contribution < 1.29 is 43.8 Å². The van der Waals surface area contributed by atoms with Crippen molar-refractivity contribution >= 4 is 34.8 Å². The average Bonchev–Trinajstić information content (AvgIpc) is 4.23. The molecule has 0 saturated carbocycles. The van der Waals surface area contributed by atoms with Crippen molar-refractivity contribution in [3.8, 4) is 0 Å². The molecule has 6 unspecified atom stereocenters. The van der Waals surface area contributed by atoms with E-state index in [0.717, 1.165) is 162 Å². The monoisotopic (exact) mass is 1120 g/mol. The van der Waals surface area contributed by atoms with Gasteiger partial charge in [-0.25, -0.2) is 13.2 Å². The van der Waals surface area contributed by atoms with E-state index in [-0.39, 0.29) is 19.1 Å². The van der Waals surface area contributed by atoms with E-state index in [1.165, 1.54) is 38.8 Å². The van der Waals surface area contributed by atoms with Gasteiger partial charge in [0.05, 0.1) is 19.3 Å². The fourth-order valence-electron chi connectivity index (χ4n) is 8.43. The normalized spacial score (nSPS) is 30.7. The minimum absolute atomic E-state index is 0.00694. The number of aliphatic hydroxyl groups is 6. The molecule has 0 aromatic carbocycles. The lowest BCUT2D eigenvalue weighted by atomic mass is 10.1. The Morgan fingerprint density at radius 3 is 1.10 bits per heavy atom. The average molecular weight is 1120 g/mol. The minimum atomic E-state index is -2.42. The van der Waals surface area contributed by atoms with Gasteiger partial charge in [0, 0.05) is 96.6 Å². The molecule has 73 heavy (non-hydrogen) atoms. The van der Waals surface area contributed by atoms with Crippen LogP contribution >= 0.6 is 34.8 Å². The maximum atomic E-state index is 11.9. The second-order valence-electron chi connectivity index (χ2n) is 20.3. The van der Waals surface area contributed by atoms with Gasteiger partial charge < -0.3 is 89.1 Å². The van der Waals surface area contributed by atoms with Gasteiger partial charge in [0.15, 0.2) is 0 Å².